The first kappa shape index (κ1) is 14.5. The van der Waals surface area contributed by atoms with E-state index in [0.29, 0.717) is 18.8 Å². The van der Waals surface area contributed by atoms with E-state index in [1.54, 1.807) is 18.5 Å². The van der Waals surface area contributed by atoms with Gasteiger partial charge in [0.15, 0.2) is 5.76 Å². The quantitative estimate of drug-likeness (QED) is 0.753. The predicted octanol–water partition coefficient (Wildman–Crippen LogP) is 2.45. The molecule has 0 spiro atoms. The summed E-state index contributed by atoms with van der Waals surface area (Å²) in [5.41, 5.74) is 1.78. The maximum Gasteiger partial charge on any atom is 0.151 e. The molecule has 0 saturated heterocycles. The van der Waals surface area contributed by atoms with Gasteiger partial charge in [-0.3, -0.25) is 9.88 Å². The minimum Gasteiger partial charge on any atom is -0.462 e. The van der Waals surface area contributed by atoms with Crippen LogP contribution < -0.4 is 0 Å². The van der Waals surface area contributed by atoms with Crippen molar-refractivity contribution in [3.05, 3.63) is 60.0 Å². The largest absolute Gasteiger partial charge is 0.462 e. The maximum atomic E-state index is 9.00. The van der Waals surface area contributed by atoms with Gasteiger partial charge in [-0.1, -0.05) is 5.16 Å². The van der Waals surface area contributed by atoms with E-state index in [0.717, 1.165) is 22.8 Å². The summed E-state index contributed by atoms with van der Waals surface area (Å²) >= 11 is 0. The fourth-order valence-electron chi connectivity index (χ4n) is 2.23. The van der Waals surface area contributed by atoms with Crippen LogP contribution in [-0.4, -0.2) is 27.2 Å². The zero-order chi connectivity index (χ0) is 15.4. The second kappa shape index (κ2) is 6.55. The molecule has 114 valence electrons. The van der Waals surface area contributed by atoms with Gasteiger partial charge in [0.2, 0.25) is 0 Å². The molecule has 0 unspecified atom stereocenters. The van der Waals surface area contributed by atoms with Crippen molar-refractivity contribution < 1.29 is 14.0 Å². The number of hydrogen-bond acceptors (Lipinski definition) is 6. The monoisotopic (exact) mass is 299 g/mol. The lowest BCUT2D eigenvalue weighted by Crippen LogP contribution is -2.16. The number of nitrogens with zero attached hydrogens (tertiary/aromatic N) is 3. The molecule has 0 amide bonds. The molecule has 6 heteroatoms. The third-order valence-electron chi connectivity index (χ3n) is 3.26. The van der Waals surface area contributed by atoms with Gasteiger partial charge in [0, 0.05) is 24.0 Å². The Hall–Kier alpha value is -2.44. The summed E-state index contributed by atoms with van der Waals surface area (Å²) in [6, 6.07) is 9.35. The topological polar surface area (TPSA) is 75.5 Å². The van der Waals surface area contributed by atoms with E-state index in [-0.39, 0.29) is 6.61 Å². The minimum atomic E-state index is -0.0822. The van der Waals surface area contributed by atoms with Gasteiger partial charge >= 0.3 is 0 Å². The molecule has 0 radical (unpaired) electrons. The zero-order valence-electron chi connectivity index (χ0n) is 12.3. The summed E-state index contributed by atoms with van der Waals surface area (Å²) in [6.45, 7) is 1.17. The molecule has 0 bridgehead atoms. The van der Waals surface area contributed by atoms with Crippen LogP contribution in [0.1, 0.15) is 17.3 Å². The molecule has 3 rings (SSSR count). The normalized spacial score (nSPS) is 11.2. The van der Waals surface area contributed by atoms with Gasteiger partial charge < -0.3 is 14.0 Å². The number of aliphatic hydroxyl groups is 1. The second-order valence-electron chi connectivity index (χ2n) is 5.11. The Bertz CT molecular complexity index is 721. The van der Waals surface area contributed by atoms with Crippen LogP contribution in [0.5, 0.6) is 0 Å². The number of furan rings is 1. The van der Waals surface area contributed by atoms with E-state index < -0.39 is 0 Å². The highest BCUT2D eigenvalue weighted by molar-refractivity contribution is 5.57. The molecule has 0 saturated carbocycles. The average Bonchev–Trinajstić information content (AvgIpc) is 3.17. The van der Waals surface area contributed by atoms with Crippen molar-refractivity contribution in [2.75, 3.05) is 7.05 Å². The SMILES string of the molecule is CN(Cc1cc(-c2ccncc2)no1)Cc1ccc(CO)o1. The average molecular weight is 299 g/mol. The predicted molar refractivity (Wildman–Crippen MR) is 79.5 cm³/mol. The lowest BCUT2D eigenvalue weighted by atomic mass is 10.2. The smallest absolute Gasteiger partial charge is 0.151 e. The summed E-state index contributed by atoms with van der Waals surface area (Å²) in [5.74, 6) is 2.16. The second-order valence-corrected chi connectivity index (χ2v) is 5.11. The van der Waals surface area contributed by atoms with E-state index in [1.165, 1.54) is 0 Å². The van der Waals surface area contributed by atoms with E-state index in [4.69, 9.17) is 14.0 Å². The highest BCUT2D eigenvalue weighted by Gasteiger charge is 2.10. The molecule has 0 aliphatic heterocycles. The number of rotatable bonds is 6. The van der Waals surface area contributed by atoms with Gasteiger partial charge in [-0.05, 0) is 31.3 Å². The lowest BCUT2D eigenvalue weighted by Gasteiger charge is -2.12. The van der Waals surface area contributed by atoms with Gasteiger partial charge in [-0.15, -0.1) is 0 Å². The van der Waals surface area contributed by atoms with Gasteiger partial charge in [0.05, 0.1) is 13.1 Å². The first-order chi connectivity index (χ1) is 10.7. The van der Waals surface area contributed by atoms with Gasteiger partial charge in [-0.25, -0.2) is 0 Å². The molecule has 3 aromatic heterocycles. The van der Waals surface area contributed by atoms with Crippen LogP contribution in [0.2, 0.25) is 0 Å². The minimum absolute atomic E-state index is 0.0822. The molecular weight excluding hydrogens is 282 g/mol. The lowest BCUT2D eigenvalue weighted by molar-refractivity contribution is 0.223. The highest BCUT2D eigenvalue weighted by atomic mass is 16.5. The van der Waals surface area contributed by atoms with Crippen LogP contribution >= 0.6 is 0 Å². The van der Waals surface area contributed by atoms with Crippen molar-refractivity contribution in [1.82, 2.24) is 15.0 Å². The molecule has 0 fully saturated rings. The molecule has 22 heavy (non-hydrogen) atoms. The van der Waals surface area contributed by atoms with Crippen LogP contribution in [0.4, 0.5) is 0 Å². The van der Waals surface area contributed by atoms with Crippen molar-refractivity contribution in [3.8, 4) is 11.3 Å². The Morgan fingerprint density at radius 2 is 1.77 bits per heavy atom. The number of hydrogen-bond donors (Lipinski definition) is 1. The van der Waals surface area contributed by atoms with Gasteiger partial charge in [0.1, 0.15) is 23.8 Å². The van der Waals surface area contributed by atoms with Crippen LogP contribution in [-0.2, 0) is 19.7 Å². The maximum absolute atomic E-state index is 9.00. The molecular formula is C16H17N3O3. The van der Waals surface area contributed by atoms with E-state index >= 15 is 0 Å². The Balaban J connectivity index is 1.62. The Morgan fingerprint density at radius 3 is 2.50 bits per heavy atom. The fraction of sp³-hybridized carbons (Fsp3) is 0.250. The molecule has 3 heterocycles. The summed E-state index contributed by atoms with van der Waals surface area (Å²) in [5, 5.41) is 13.1. The fourth-order valence-corrected chi connectivity index (χ4v) is 2.23. The van der Waals surface area contributed by atoms with Gasteiger partial charge in [-0.2, -0.15) is 0 Å². The number of pyridine rings is 1. The van der Waals surface area contributed by atoms with Crippen molar-refractivity contribution in [2.24, 2.45) is 0 Å². The number of aliphatic hydroxyl groups excluding tert-OH is 1. The van der Waals surface area contributed by atoms with Crippen molar-refractivity contribution in [2.45, 2.75) is 19.7 Å². The molecule has 1 N–H and O–H groups in total. The van der Waals surface area contributed by atoms with Crippen molar-refractivity contribution >= 4 is 0 Å². The Kier molecular flexibility index (Phi) is 4.32. The third kappa shape index (κ3) is 3.41. The number of aromatic nitrogens is 2. The Labute approximate surface area is 128 Å². The van der Waals surface area contributed by atoms with E-state index in [9.17, 15) is 0 Å². The van der Waals surface area contributed by atoms with E-state index in [2.05, 4.69) is 15.0 Å². The summed E-state index contributed by atoms with van der Waals surface area (Å²) < 4.78 is 10.8. The molecule has 3 aromatic rings. The van der Waals surface area contributed by atoms with E-state index in [1.807, 2.05) is 31.3 Å². The van der Waals surface area contributed by atoms with Crippen LogP contribution in [0, 0.1) is 0 Å². The molecule has 0 aliphatic rings. The van der Waals surface area contributed by atoms with Crippen LogP contribution in [0.15, 0.2) is 51.7 Å². The summed E-state index contributed by atoms with van der Waals surface area (Å²) in [7, 11) is 1.97. The van der Waals surface area contributed by atoms with Crippen molar-refractivity contribution in [1.29, 1.82) is 0 Å². The summed E-state index contributed by atoms with van der Waals surface area (Å²) in [6.07, 6.45) is 3.46. The highest BCUT2D eigenvalue weighted by Crippen LogP contribution is 2.19. The third-order valence-corrected chi connectivity index (χ3v) is 3.26. The van der Waals surface area contributed by atoms with Crippen LogP contribution in [0.25, 0.3) is 11.3 Å². The molecule has 0 aromatic carbocycles. The van der Waals surface area contributed by atoms with Crippen LogP contribution in [0.3, 0.4) is 0 Å². The first-order valence-corrected chi connectivity index (χ1v) is 6.97. The molecule has 0 aliphatic carbocycles. The zero-order valence-corrected chi connectivity index (χ0v) is 12.3. The molecule has 6 nitrogen and oxygen atoms in total. The van der Waals surface area contributed by atoms with Gasteiger partial charge in [0.25, 0.3) is 0 Å². The molecule has 0 atom stereocenters. The standard InChI is InChI=1S/C16H17N3O3/c1-19(9-13-2-3-14(11-20)21-13)10-15-8-16(18-22-15)12-4-6-17-7-5-12/h2-8,20H,9-11H2,1H3. The summed E-state index contributed by atoms with van der Waals surface area (Å²) in [4.78, 5) is 6.04. The van der Waals surface area contributed by atoms with Crippen molar-refractivity contribution in [3.63, 3.8) is 0 Å². The first-order valence-electron chi connectivity index (χ1n) is 6.97. The Morgan fingerprint density at radius 1 is 1.05 bits per heavy atom.